The summed E-state index contributed by atoms with van der Waals surface area (Å²) in [6.45, 7) is 1.36. The lowest BCUT2D eigenvalue weighted by Crippen LogP contribution is -2.53. The van der Waals surface area contributed by atoms with Gasteiger partial charge in [0.05, 0.1) is 10.9 Å². The molecule has 2 amide bonds. The number of hydrogen-bond acceptors (Lipinski definition) is 7. The highest BCUT2D eigenvalue weighted by atomic mass is 32.2. The Bertz CT molecular complexity index is 1200. The number of guanidine groups is 1. The first-order chi connectivity index (χ1) is 17.5. The first-order valence-corrected chi connectivity index (χ1v) is 12.9. The molecule has 0 aliphatic heterocycles. The molecule has 0 aliphatic carbocycles. The van der Waals surface area contributed by atoms with Crippen molar-refractivity contribution in [1.29, 1.82) is 0 Å². The van der Waals surface area contributed by atoms with Gasteiger partial charge in [0.2, 0.25) is 17.8 Å². The van der Waals surface area contributed by atoms with Crippen molar-refractivity contribution in [2.45, 2.75) is 43.2 Å². The van der Waals surface area contributed by atoms with Crippen molar-refractivity contribution in [3.63, 3.8) is 0 Å². The summed E-state index contributed by atoms with van der Waals surface area (Å²) in [6.07, 6.45) is 0.644. The van der Waals surface area contributed by atoms with Gasteiger partial charge in [-0.25, -0.2) is 13.1 Å². The molecule has 0 aromatic heterocycles. The molecule has 12 nitrogen and oxygen atoms in total. The zero-order valence-electron chi connectivity index (χ0n) is 20.4. The molecule has 2 rings (SSSR count). The number of amides is 2. The van der Waals surface area contributed by atoms with Crippen LogP contribution in [0.15, 0.2) is 64.5 Å². The van der Waals surface area contributed by atoms with Crippen molar-refractivity contribution >= 4 is 33.8 Å². The van der Waals surface area contributed by atoms with Gasteiger partial charge in [-0.05, 0) is 37.5 Å². The van der Waals surface area contributed by atoms with Crippen molar-refractivity contribution in [2.24, 2.45) is 16.5 Å². The van der Waals surface area contributed by atoms with Gasteiger partial charge in [-0.1, -0.05) is 48.0 Å². The molecule has 0 spiro atoms. The maximum Gasteiger partial charge on any atom is 0.322 e. The monoisotopic (exact) mass is 532 g/mol. The van der Waals surface area contributed by atoms with Gasteiger partial charge in [0, 0.05) is 13.0 Å². The second-order valence-corrected chi connectivity index (χ2v) is 9.98. The predicted octanol–water partition coefficient (Wildman–Crippen LogP) is -0.376. The molecule has 0 fully saturated rings. The van der Waals surface area contributed by atoms with Crippen molar-refractivity contribution in [2.75, 3.05) is 13.1 Å². The second kappa shape index (κ2) is 13.9. The van der Waals surface area contributed by atoms with Gasteiger partial charge >= 0.3 is 5.97 Å². The van der Waals surface area contributed by atoms with Crippen LogP contribution in [0.25, 0.3) is 0 Å². The van der Waals surface area contributed by atoms with E-state index in [1.807, 2.05) is 6.92 Å². The second-order valence-electron chi connectivity index (χ2n) is 8.30. The summed E-state index contributed by atoms with van der Waals surface area (Å²) in [4.78, 5) is 39.9. The maximum atomic E-state index is 12.6. The molecule has 0 bridgehead atoms. The third kappa shape index (κ3) is 10.3. The van der Waals surface area contributed by atoms with Crippen LogP contribution < -0.4 is 26.8 Å². The Morgan fingerprint density at radius 1 is 1.03 bits per heavy atom. The number of rotatable bonds is 13. The first-order valence-electron chi connectivity index (χ1n) is 11.5. The summed E-state index contributed by atoms with van der Waals surface area (Å²) in [5.74, 6) is -2.75. The van der Waals surface area contributed by atoms with E-state index in [1.54, 1.807) is 42.5 Å². The van der Waals surface area contributed by atoms with E-state index in [2.05, 4.69) is 20.3 Å². The van der Waals surface area contributed by atoms with E-state index in [0.717, 1.165) is 11.1 Å². The van der Waals surface area contributed by atoms with E-state index in [9.17, 15) is 22.8 Å². The van der Waals surface area contributed by atoms with E-state index >= 15 is 0 Å². The van der Waals surface area contributed by atoms with Crippen molar-refractivity contribution in [3.05, 3.63) is 65.7 Å². The van der Waals surface area contributed by atoms with Gasteiger partial charge in [0.1, 0.15) is 12.6 Å². The van der Waals surface area contributed by atoms with Crippen LogP contribution in [0.5, 0.6) is 0 Å². The van der Waals surface area contributed by atoms with Crippen LogP contribution in [0.3, 0.4) is 0 Å². The lowest BCUT2D eigenvalue weighted by atomic mass is 10.0. The van der Waals surface area contributed by atoms with Crippen molar-refractivity contribution in [3.8, 4) is 0 Å². The van der Waals surface area contributed by atoms with Crippen molar-refractivity contribution < 1.29 is 27.9 Å². The average Bonchev–Trinajstić information content (AvgIpc) is 2.85. The molecule has 37 heavy (non-hydrogen) atoms. The molecule has 13 heteroatoms. The Kier molecular flexibility index (Phi) is 11.0. The Hall–Kier alpha value is -3.97. The molecule has 0 aliphatic rings. The molecule has 200 valence electrons. The Morgan fingerprint density at radius 2 is 1.68 bits per heavy atom. The molecule has 0 heterocycles. The number of benzene rings is 2. The van der Waals surface area contributed by atoms with Crippen LogP contribution in [-0.2, 0) is 30.8 Å². The lowest BCUT2D eigenvalue weighted by Gasteiger charge is -2.20. The number of hydrogen-bond donors (Lipinski definition) is 6. The first kappa shape index (κ1) is 29.3. The maximum absolute atomic E-state index is 12.6. The van der Waals surface area contributed by atoms with Gasteiger partial charge in [-0.15, -0.1) is 0 Å². The number of carbonyl (C=O) groups excluding carboxylic acids is 2. The topological polar surface area (TPSA) is 206 Å². The van der Waals surface area contributed by atoms with E-state index in [0.29, 0.717) is 6.42 Å². The predicted molar refractivity (Wildman–Crippen MR) is 138 cm³/mol. The summed E-state index contributed by atoms with van der Waals surface area (Å²) < 4.78 is 26.9. The molecule has 2 aromatic rings. The standard InChI is InChI=1S/C24H32N6O6S/c1-16-9-11-18(12-10-16)37(35,36)30-24(26)27-13-5-8-19(25)22(33)29-20(23(34)28-15-21(31)32)14-17-6-3-2-4-7-17/h2-4,6-7,9-12,19-20H,5,8,13-15,25H2,1H3,(H,28,34)(H,29,33)(H,31,32)(H3,26,27,30)/t19-,20-/m0/s1. The highest BCUT2D eigenvalue weighted by Crippen LogP contribution is 2.09. The molecule has 0 saturated heterocycles. The van der Waals surface area contributed by atoms with Gasteiger partial charge in [-0.3, -0.25) is 19.4 Å². The number of carbonyl (C=O) groups is 3. The molecular weight excluding hydrogens is 500 g/mol. The highest BCUT2D eigenvalue weighted by Gasteiger charge is 2.24. The molecule has 2 atom stereocenters. The lowest BCUT2D eigenvalue weighted by molar-refractivity contribution is -0.138. The fraction of sp³-hybridized carbons (Fsp3) is 0.333. The molecule has 8 N–H and O–H groups in total. The third-order valence-electron chi connectivity index (χ3n) is 5.19. The number of nitrogens with one attached hydrogen (secondary N) is 3. The number of sulfonamides is 1. The van der Waals surface area contributed by atoms with Gasteiger partial charge in [-0.2, -0.15) is 0 Å². The van der Waals surface area contributed by atoms with Gasteiger partial charge < -0.3 is 27.2 Å². The molecular formula is C24H32N6O6S. The summed E-state index contributed by atoms with van der Waals surface area (Å²) in [7, 11) is -3.87. The van der Waals surface area contributed by atoms with E-state index in [1.165, 1.54) is 12.1 Å². The molecule has 0 unspecified atom stereocenters. The van der Waals surface area contributed by atoms with Crippen LogP contribution in [0.2, 0.25) is 0 Å². The normalized spacial score (nSPS) is 13.3. The SMILES string of the molecule is Cc1ccc(S(=O)(=O)NC(N)=NCCC[C@H](N)C(=O)N[C@@H](Cc2ccccc2)C(=O)NCC(=O)O)cc1. The highest BCUT2D eigenvalue weighted by molar-refractivity contribution is 7.90. The number of carboxylic acid groups (broad SMARTS) is 1. The van der Waals surface area contributed by atoms with Crippen LogP contribution in [0.4, 0.5) is 0 Å². The van der Waals surface area contributed by atoms with Gasteiger partial charge in [0.25, 0.3) is 10.0 Å². The third-order valence-corrected chi connectivity index (χ3v) is 6.56. The summed E-state index contributed by atoms with van der Waals surface area (Å²) >= 11 is 0. The van der Waals surface area contributed by atoms with Crippen molar-refractivity contribution in [1.82, 2.24) is 15.4 Å². The molecule has 0 saturated carbocycles. The fourth-order valence-electron chi connectivity index (χ4n) is 3.21. The van der Waals surface area contributed by atoms with E-state index in [4.69, 9.17) is 16.6 Å². The molecule has 0 radical (unpaired) electrons. The summed E-state index contributed by atoms with van der Waals surface area (Å²) in [6, 6.07) is 13.1. The zero-order chi connectivity index (χ0) is 27.4. The van der Waals surface area contributed by atoms with E-state index < -0.39 is 46.4 Å². The minimum atomic E-state index is -3.87. The quantitative estimate of drug-likeness (QED) is 0.114. The largest absolute Gasteiger partial charge is 0.480 e. The minimum Gasteiger partial charge on any atom is -0.480 e. The number of carboxylic acids is 1. The zero-order valence-corrected chi connectivity index (χ0v) is 21.2. The summed E-state index contributed by atoms with van der Waals surface area (Å²) in [5.41, 5.74) is 13.3. The fourth-order valence-corrected chi connectivity index (χ4v) is 4.16. The number of nitrogens with two attached hydrogens (primary N) is 2. The van der Waals surface area contributed by atoms with Crippen LogP contribution in [0, 0.1) is 6.92 Å². The number of aryl methyl sites for hydroxylation is 1. The minimum absolute atomic E-state index is 0.0485. The number of aliphatic imine (C=N–C) groups is 1. The van der Waals surface area contributed by atoms with Crippen LogP contribution in [0.1, 0.15) is 24.0 Å². The Morgan fingerprint density at radius 3 is 2.30 bits per heavy atom. The smallest absolute Gasteiger partial charge is 0.322 e. The number of nitrogens with zero attached hydrogens (tertiary/aromatic N) is 1. The number of aliphatic carboxylic acids is 1. The summed E-state index contributed by atoms with van der Waals surface area (Å²) in [5, 5.41) is 13.6. The Labute approximate surface area is 215 Å². The van der Waals surface area contributed by atoms with E-state index in [-0.39, 0.29) is 30.2 Å². The van der Waals surface area contributed by atoms with Crippen LogP contribution >= 0.6 is 0 Å². The average molecular weight is 533 g/mol. The molecule has 2 aromatic carbocycles. The van der Waals surface area contributed by atoms with Gasteiger partial charge in [0.15, 0.2) is 0 Å². The Balaban J connectivity index is 1.88. The van der Waals surface area contributed by atoms with Crippen LogP contribution in [-0.4, -0.2) is 62.4 Å².